The number of nitrogens with zero attached hydrogens (tertiary/aromatic N) is 1. The van der Waals surface area contributed by atoms with Crippen LogP contribution in [0.15, 0.2) is 17.5 Å². The van der Waals surface area contributed by atoms with E-state index < -0.39 is 0 Å². The monoisotopic (exact) mass is 277 g/mol. The summed E-state index contributed by atoms with van der Waals surface area (Å²) < 4.78 is 4.62. The van der Waals surface area contributed by atoms with Crippen LogP contribution in [0.5, 0.6) is 5.75 Å². The Morgan fingerprint density at radius 1 is 1.37 bits per heavy atom. The third-order valence-electron chi connectivity index (χ3n) is 2.84. The summed E-state index contributed by atoms with van der Waals surface area (Å²) in [5, 5.41) is 12.4. The summed E-state index contributed by atoms with van der Waals surface area (Å²) >= 11 is 1.48. The van der Waals surface area contributed by atoms with E-state index in [0.717, 1.165) is 21.7 Å². The zero-order chi connectivity index (χ0) is 14.0. The number of hydrogen-bond donors (Lipinski definition) is 1. The van der Waals surface area contributed by atoms with Gasteiger partial charge in [-0.25, -0.2) is 4.98 Å². The van der Waals surface area contributed by atoms with Gasteiger partial charge in [-0.3, -0.25) is 4.79 Å². The molecule has 0 aliphatic heterocycles. The Bertz CT molecular complexity index is 596. The lowest BCUT2D eigenvalue weighted by atomic mass is 10.1. The number of aryl methyl sites for hydroxylation is 2. The van der Waals surface area contributed by atoms with Crippen LogP contribution in [0.25, 0.3) is 10.6 Å². The van der Waals surface area contributed by atoms with E-state index in [1.165, 1.54) is 18.4 Å². The van der Waals surface area contributed by atoms with E-state index in [1.807, 2.05) is 31.4 Å². The van der Waals surface area contributed by atoms with Crippen molar-refractivity contribution in [3.05, 3.63) is 34.3 Å². The molecule has 0 radical (unpaired) electrons. The second kappa shape index (κ2) is 5.40. The number of aromatic hydroxyl groups is 1. The molecular formula is C14H15NO3S. The number of phenolic OH excluding ortho intramolecular Hbond substituents is 1. The lowest BCUT2D eigenvalue weighted by molar-refractivity contribution is -0.139. The van der Waals surface area contributed by atoms with Crippen LogP contribution in [0.4, 0.5) is 0 Å². The Kier molecular flexibility index (Phi) is 3.85. The molecule has 0 saturated heterocycles. The maximum absolute atomic E-state index is 11.2. The number of aromatic nitrogens is 1. The number of carbonyl (C=O) groups is 1. The van der Waals surface area contributed by atoms with Crippen LogP contribution in [0.3, 0.4) is 0 Å². The van der Waals surface area contributed by atoms with Gasteiger partial charge in [-0.15, -0.1) is 11.3 Å². The van der Waals surface area contributed by atoms with Crippen LogP contribution in [0.1, 0.15) is 16.8 Å². The molecule has 1 N–H and O–H groups in total. The molecule has 0 atom stereocenters. The van der Waals surface area contributed by atoms with Gasteiger partial charge in [-0.1, -0.05) is 0 Å². The van der Waals surface area contributed by atoms with E-state index >= 15 is 0 Å². The van der Waals surface area contributed by atoms with Gasteiger partial charge < -0.3 is 9.84 Å². The van der Waals surface area contributed by atoms with Crippen LogP contribution in [0.2, 0.25) is 0 Å². The molecule has 1 heterocycles. The summed E-state index contributed by atoms with van der Waals surface area (Å²) in [6.07, 6.45) is 0.184. The highest BCUT2D eigenvalue weighted by atomic mass is 32.1. The van der Waals surface area contributed by atoms with E-state index in [4.69, 9.17) is 0 Å². The van der Waals surface area contributed by atoms with Gasteiger partial charge in [-0.2, -0.15) is 0 Å². The third kappa shape index (κ3) is 2.93. The molecule has 0 spiro atoms. The Morgan fingerprint density at radius 3 is 2.58 bits per heavy atom. The number of thiazole rings is 1. The molecule has 0 unspecified atom stereocenters. The van der Waals surface area contributed by atoms with E-state index in [1.54, 1.807) is 0 Å². The van der Waals surface area contributed by atoms with E-state index in [0.29, 0.717) is 11.4 Å². The molecule has 100 valence electrons. The van der Waals surface area contributed by atoms with Gasteiger partial charge >= 0.3 is 5.97 Å². The zero-order valence-electron chi connectivity index (χ0n) is 11.1. The molecule has 0 amide bonds. The first kappa shape index (κ1) is 13.5. The fourth-order valence-corrected chi connectivity index (χ4v) is 2.63. The van der Waals surface area contributed by atoms with Crippen molar-refractivity contribution in [2.45, 2.75) is 20.3 Å². The van der Waals surface area contributed by atoms with Gasteiger partial charge in [0.05, 0.1) is 19.2 Å². The molecule has 5 heteroatoms. The standard InChI is InChI=1S/C14H15NO3S/c1-8-4-10(5-9(2)13(8)17)14-15-11(7-19-14)6-12(16)18-3/h4-5,7,17H,6H2,1-3H3. The van der Waals surface area contributed by atoms with Crippen LogP contribution >= 0.6 is 11.3 Å². The fourth-order valence-electron chi connectivity index (χ4n) is 1.82. The number of esters is 1. The normalized spacial score (nSPS) is 10.5. The van der Waals surface area contributed by atoms with Crippen molar-refractivity contribution in [2.75, 3.05) is 7.11 Å². The molecule has 2 aromatic rings. The van der Waals surface area contributed by atoms with Gasteiger partial charge in [0, 0.05) is 10.9 Å². The summed E-state index contributed by atoms with van der Waals surface area (Å²) in [6, 6.07) is 3.78. The molecule has 1 aromatic heterocycles. The Morgan fingerprint density at radius 2 is 2.00 bits per heavy atom. The summed E-state index contributed by atoms with van der Waals surface area (Å²) in [5.74, 6) is 0.0185. The van der Waals surface area contributed by atoms with E-state index in [2.05, 4.69) is 9.72 Å². The summed E-state index contributed by atoms with van der Waals surface area (Å²) in [4.78, 5) is 15.6. The SMILES string of the molecule is COC(=O)Cc1csc(-c2cc(C)c(O)c(C)c2)n1. The second-order valence-electron chi connectivity index (χ2n) is 4.36. The zero-order valence-corrected chi connectivity index (χ0v) is 11.9. The summed E-state index contributed by atoms with van der Waals surface area (Å²) in [6.45, 7) is 3.71. The average Bonchev–Trinajstić information content (AvgIpc) is 2.83. The van der Waals surface area contributed by atoms with E-state index in [-0.39, 0.29) is 12.4 Å². The minimum Gasteiger partial charge on any atom is -0.507 e. The number of methoxy groups -OCH3 is 1. The first-order chi connectivity index (χ1) is 9.01. The number of rotatable bonds is 3. The first-order valence-corrected chi connectivity index (χ1v) is 6.71. The largest absolute Gasteiger partial charge is 0.507 e. The van der Waals surface area contributed by atoms with Crippen molar-refractivity contribution >= 4 is 17.3 Å². The highest BCUT2D eigenvalue weighted by molar-refractivity contribution is 7.13. The van der Waals surface area contributed by atoms with Crippen LogP contribution < -0.4 is 0 Å². The van der Waals surface area contributed by atoms with Crippen molar-refractivity contribution in [2.24, 2.45) is 0 Å². The van der Waals surface area contributed by atoms with Crippen LogP contribution in [-0.4, -0.2) is 23.2 Å². The number of hydrogen-bond acceptors (Lipinski definition) is 5. The Balaban J connectivity index is 2.30. The lowest BCUT2D eigenvalue weighted by Gasteiger charge is -2.05. The van der Waals surface area contributed by atoms with E-state index in [9.17, 15) is 9.90 Å². The number of phenols is 1. The molecule has 0 aliphatic carbocycles. The average molecular weight is 277 g/mol. The van der Waals surface area contributed by atoms with Crippen molar-refractivity contribution in [3.8, 4) is 16.3 Å². The molecule has 0 saturated carbocycles. The topological polar surface area (TPSA) is 59.4 Å². The molecule has 0 bridgehead atoms. The maximum atomic E-state index is 11.2. The predicted octanol–water partition coefficient (Wildman–Crippen LogP) is 2.85. The van der Waals surface area contributed by atoms with Gasteiger partial charge in [0.25, 0.3) is 0 Å². The van der Waals surface area contributed by atoms with Gasteiger partial charge in [-0.05, 0) is 37.1 Å². The minimum absolute atomic E-state index is 0.184. The van der Waals surface area contributed by atoms with Crippen molar-refractivity contribution < 1.29 is 14.6 Å². The summed E-state index contributed by atoms with van der Waals surface area (Å²) in [5.41, 5.74) is 3.29. The smallest absolute Gasteiger partial charge is 0.311 e. The van der Waals surface area contributed by atoms with Gasteiger partial charge in [0.1, 0.15) is 10.8 Å². The minimum atomic E-state index is -0.296. The van der Waals surface area contributed by atoms with Crippen LogP contribution in [0, 0.1) is 13.8 Å². The van der Waals surface area contributed by atoms with Gasteiger partial charge in [0.2, 0.25) is 0 Å². The van der Waals surface area contributed by atoms with Crippen molar-refractivity contribution in [1.29, 1.82) is 0 Å². The number of carbonyl (C=O) groups excluding carboxylic acids is 1. The Labute approximate surface area is 115 Å². The molecule has 2 rings (SSSR count). The van der Waals surface area contributed by atoms with Gasteiger partial charge in [0.15, 0.2) is 0 Å². The molecule has 0 aliphatic rings. The third-order valence-corrected chi connectivity index (χ3v) is 3.78. The highest BCUT2D eigenvalue weighted by Crippen LogP contribution is 2.30. The predicted molar refractivity (Wildman–Crippen MR) is 74.4 cm³/mol. The lowest BCUT2D eigenvalue weighted by Crippen LogP contribution is -2.04. The number of benzene rings is 1. The first-order valence-electron chi connectivity index (χ1n) is 5.83. The quantitative estimate of drug-likeness (QED) is 0.876. The molecule has 1 aromatic carbocycles. The fraction of sp³-hybridized carbons (Fsp3) is 0.286. The molecule has 0 fully saturated rings. The van der Waals surface area contributed by atoms with Crippen molar-refractivity contribution in [3.63, 3.8) is 0 Å². The highest BCUT2D eigenvalue weighted by Gasteiger charge is 2.11. The number of ether oxygens (including phenoxy) is 1. The Hall–Kier alpha value is -1.88. The molecule has 4 nitrogen and oxygen atoms in total. The van der Waals surface area contributed by atoms with Crippen molar-refractivity contribution in [1.82, 2.24) is 4.98 Å². The second-order valence-corrected chi connectivity index (χ2v) is 5.21. The summed E-state index contributed by atoms with van der Waals surface area (Å²) in [7, 11) is 1.36. The molecule has 19 heavy (non-hydrogen) atoms. The van der Waals surface area contributed by atoms with Crippen LogP contribution in [-0.2, 0) is 16.0 Å². The maximum Gasteiger partial charge on any atom is 0.311 e. The molecular weight excluding hydrogens is 262 g/mol.